The number of benzene rings is 1. The number of aromatic nitrogens is 5. The summed E-state index contributed by atoms with van der Waals surface area (Å²) >= 11 is 0. The number of fused-ring (bicyclic) bond motifs is 1. The van der Waals surface area contributed by atoms with Crippen molar-refractivity contribution >= 4 is 11.6 Å². The van der Waals surface area contributed by atoms with Crippen LogP contribution in [0.1, 0.15) is 10.5 Å². The van der Waals surface area contributed by atoms with Gasteiger partial charge in [-0.05, 0) is 36.4 Å². The molecule has 4 aromatic rings. The molecule has 0 aliphatic carbocycles. The predicted molar refractivity (Wildman–Crippen MR) is 84.5 cm³/mol. The number of carbonyl (C=O) groups excluding carboxylic acids is 1. The number of nitrogens with one attached hydrogen (secondary N) is 1. The van der Waals surface area contributed by atoms with E-state index in [-0.39, 0.29) is 11.5 Å². The van der Waals surface area contributed by atoms with Crippen LogP contribution < -0.4 is 5.73 Å². The lowest BCUT2D eigenvalue weighted by Gasteiger charge is -2.04. The second kappa shape index (κ2) is 5.27. The minimum absolute atomic E-state index is 0.193. The molecule has 7 nitrogen and oxygen atoms in total. The van der Waals surface area contributed by atoms with Crippen LogP contribution in [-0.2, 0) is 0 Å². The number of primary amides is 1. The van der Waals surface area contributed by atoms with Crippen LogP contribution in [-0.4, -0.2) is 30.7 Å². The van der Waals surface area contributed by atoms with Crippen LogP contribution in [0, 0.1) is 5.82 Å². The van der Waals surface area contributed by atoms with Crippen molar-refractivity contribution < 1.29 is 9.18 Å². The van der Waals surface area contributed by atoms with Crippen molar-refractivity contribution in [2.45, 2.75) is 0 Å². The summed E-state index contributed by atoms with van der Waals surface area (Å²) in [5.74, 6) is -0.932. The maximum Gasteiger partial charge on any atom is 0.269 e. The van der Waals surface area contributed by atoms with Crippen LogP contribution in [0.25, 0.3) is 28.2 Å². The summed E-state index contributed by atoms with van der Waals surface area (Å²) in [4.78, 5) is 15.5. The molecule has 0 unspecified atom stereocenters. The molecule has 8 heteroatoms. The van der Waals surface area contributed by atoms with Gasteiger partial charge in [0.15, 0.2) is 5.65 Å². The maximum atomic E-state index is 13.1. The zero-order chi connectivity index (χ0) is 16.7. The van der Waals surface area contributed by atoms with Crippen molar-refractivity contribution in [2.75, 3.05) is 0 Å². The molecule has 0 atom stereocenters. The first kappa shape index (κ1) is 14.1. The minimum Gasteiger partial charge on any atom is -0.364 e. The van der Waals surface area contributed by atoms with Crippen LogP contribution in [0.2, 0.25) is 0 Å². The van der Waals surface area contributed by atoms with Gasteiger partial charge in [-0.25, -0.2) is 13.9 Å². The van der Waals surface area contributed by atoms with Gasteiger partial charge in [-0.1, -0.05) is 0 Å². The Labute approximate surface area is 135 Å². The Morgan fingerprint density at radius 3 is 2.71 bits per heavy atom. The summed E-state index contributed by atoms with van der Waals surface area (Å²) in [6, 6.07) is 9.51. The van der Waals surface area contributed by atoms with E-state index in [1.807, 2.05) is 0 Å². The van der Waals surface area contributed by atoms with Gasteiger partial charge in [0.1, 0.15) is 17.2 Å². The smallest absolute Gasteiger partial charge is 0.269 e. The van der Waals surface area contributed by atoms with Gasteiger partial charge in [-0.3, -0.25) is 9.89 Å². The van der Waals surface area contributed by atoms with Crippen molar-refractivity contribution in [1.82, 2.24) is 24.8 Å². The van der Waals surface area contributed by atoms with E-state index in [0.29, 0.717) is 22.6 Å². The van der Waals surface area contributed by atoms with Gasteiger partial charge in [-0.2, -0.15) is 10.2 Å². The largest absolute Gasteiger partial charge is 0.364 e. The standard InChI is InChI=1S/C16H11FN6O/c17-10-3-1-9(2-4-10)15-11(7-20-21-15)12-5-6-14-19-8-13(16(18)24)23(14)22-12/h1-8H,(H2,18,24)(H,20,21). The van der Waals surface area contributed by atoms with Crippen LogP contribution in [0.3, 0.4) is 0 Å². The molecular weight excluding hydrogens is 311 g/mol. The zero-order valence-corrected chi connectivity index (χ0v) is 12.3. The quantitative estimate of drug-likeness (QED) is 0.602. The number of halogens is 1. The average Bonchev–Trinajstić information content (AvgIpc) is 3.21. The SMILES string of the molecule is NC(=O)c1cnc2ccc(-c3c[nH]nc3-c3ccc(F)cc3)nn12. The molecule has 4 rings (SSSR count). The van der Waals surface area contributed by atoms with E-state index >= 15 is 0 Å². The predicted octanol–water partition coefficient (Wildman–Crippen LogP) is 2.02. The topological polar surface area (TPSA) is 102 Å². The summed E-state index contributed by atoms with van der Waals surface area (Å²) in [6.45, 7) is 0. The molecule has 24 heavy (non-hydrogen) atoms. The number of amides is 1. The number of nitrogens with two attached hydrogens (primary N) is 1. The lowest BCUT2D eigenvalue weighted by molar-refractivity contribution is 0.0993. The highest BCUT2D eigenvalue weighted by Crippen LogP contribution is 2.29. The molecule has 118 valence electrons. The molecule has 1 aromatic carbocycles. The van der Waals surface area contributed by atoms with Crippen molar-refractivity contribution in [2.24, 2.45) is 5.73 Å². The van der Waals surface area contributed by atoms with E-state index < -0.39 is 5.91 Å². The Morgan fingerprint density at radius 2 is 1.96 bits per heavy atom. The van der Waals surface area contributed by atoms with E-state index in [1.54, 1.807) is 30.5 Å². The fourth-order valence-electron chi connectivity index (χ4n) is 2.50. The molecule has 3 aromatic heterocycles. The third-order valence-corrected chi connectivity index (χ3v) is 3.65. The fourth-order valence-corrected chi connectivity index (χ4v) is 2.50. The number of H-pyrrole nitrogens is 1. The van der Waals surface area contributed by atoms with E-state index in [0.717, 1.165) is 5.56 Å². The second-order valence-corrected chi connectivity index (χ2v) is 5.15. The molecular formula is C16H11FN6O. The number of aromatic amines is 1. The third-order valence-electron chi connectivity index (χ3n) is 3.65. The second-order valence-electron chi connectivity index (χ2n) is 5.15. The average molecular weight is 322 g/mol. The van der Waals surface area contributed by atoms with Crippen molar-refractivity contribution in [3.8, 4) is 22.5 Å². The highest BCUT2D eigenvalue weighted by molar-refractivity contribution is 5.91. The Balaban J connectivity index is 1.87. The summed E-state index contributed by atoms with van der Waals surface area (Å²) in [6.07, 6.45) is 3.07. The van der Waals surface area contributed by atoms with Gasteiger partial charge in [0.2, 0.25) is 0 Å². The molecule has 0 saturated heterocycles. The van der Waals surface area contributed by atoms with Crippen LogP contribution in [0.4, 0.5) is 4.39 Å². The van der Waals surface area contributed by atoms with Gasteiger partial charge in [0, 0.05) is 17.3 Å². The van der Waals surface area contributed by atoms with Crippen LogP contribution in [0.5, 0.6) is 0 Å². The first-order chi connectivity index (χ1) is 11.6. The number of imidazole rings is 1. The molecule has 0 aliphatic heterocycles. The van der Waals surface area contributed by atoms with Gasteiger partial charge < -0.3 is 5.73 Å². The van der Waals surface area contributed by atoms with Crippen molar-refractivity contribution in [1.29, 1.82) is 0 Å². The van der Waals surface area contributed by atoms with E-state index in [2.05, 4.69) is 20.3 Å². The molecule has 0 fully saturated rings. The number of hydrogen-bond donors (Lipinski definition) is 2. The summed E-state index contributed by atoms with van der Waals surface area (Å²) in [7, 11) is 0. The maximum absolute atomic E-state index is 13.1. The monoisotopic (exact) mass is 322 g/mol. The molecule has 3 N–H and O–H groups in total. The lowest BCUT2D eigenvalue weighted by Crippen LogP contribution is -2.14. The number of carbonyl (C=O) groups is 1. The first-order valence-corrected chi connectivity index (χ1v) is 7.08. The van der Waals surface area contributed by atoms with Crippen LogP contribution >= 0.6 is 0 Å². The summed E-state index contributed by atoms with van der Waals surface area (Å²) in [5.41, 5.74) is 8.71. The minimum atomic E-state index is -0.613. The molecule has 0 aliphatic rings. The van der Waals surface area contributed by atoms with Gasteiger partial charge in [-0.15, -0.1) is 0 Å². The fraction of sp³-hybridized carbons (Fsp3) is 0. The molecule has 0 radical (unpaired) electrons. The highest BCUT2D eigenvalue weighted by Gasteiger charge is 2.15. The Hall–Kier alpha value is -3.55. The normalized spacial score (nSPS) is 11.0. The van der Waals surface area contributed by atoms with Gasteiger partial charge in [0.05, 0.1) is 11.9 Å². The Bertz CT molecular complexity index is 1050. The number of nitrogens with zero attached hydrogens (tertiary/aromatic N) is 4. The molecule has 3 heterocycles. The van der Waals surface area contributed by atoms with Crippen molar-refractivity contribution in [3.05, 3.63) is 60.3 Å². The first-order valence-electron chi connectivity index (χ1n) is 7.08. The van der Waals surface area contributed by atoms with E-state index in [4.69, 9.17) is 5.73 Å². The van der Waals surface area contributed by atoms with Gasteiger partial charge >= 0.3 is 0 Å². The molecule has 0 bridgehead atoms. The molecule has 0 spiro atoms. The lowest BCUT2D eigenvalue weighted by atomic mass is 10.1. The number of hydrogen-bond acceptors (Lipinski definition) is 4. The Morgan fingerprint density at radius 1 is 1.17 bits per heavy atom. The third kappa shape index (κ3) is 2.21. The van der Waals surface area contributed by atoms with E-state index in [9.17, 15) is 9.18 Å². The molecule has 1 amide bonds. The number of rotatable bonds is 3. The van der Waals surface area contributed by atoms with Gasteiger partial charge in [0.25, 0.3) is 5.91 Å². The van der Waals surface area contributed by atoms with Crippen molar-refractivity contribution in [3.63, 3.8) is 0 Å². The summed E-state index contributed by atoms with van der Waals surface area (Å²) in [5, 5.41) is 11.4. The van der Waals surface area contributed by atoms with E-state index in [1.165, 1.54) is 22.8 Å². The van der Waals surface area contributed by atoms with Crippen LogP contribution in [0.15, 0.2) is 48.8 Å². The zero-order valence-electron chi connectivity index (χ0n) is 12.3. The summed E-state index contributed by atoms with van der Waals surface area (Å²) < 4.78 is 14.5. The molecule has 0 saturated carbocycles. The Kier molecular flexibility index (Phi) is 3.09. The highest BCUT2D eigenvalue weighted by atomic mass is 19.1.